The van der Waals surface area contributed by atoms with Crippen molar-refractivity contribution < 1.29 is 13.2 Å². The second-order valence-electron chi connectivity index (χ2n) is 7.01. The van der Waals surface area contributed by atoms with Crippen molar-refractivity contribution in [3.63, 3.8) is 0 Å². The van der Waals surface area contributed by atoms with Crippen LogP contribution in [0.2, 0.25) is 0 Å². The average molecular weight is 370 g/mol. The molecule has 2 aromatic carbocycles. The van der Waals surface area contributed by atoms with Crippen molar-refractivity contribution in [2.24, 2.45) is 5.92 Å². The molecule has 6 heteroatoms. The van der Waals surface area contributed by atoms with Crippen LogP contribution in [0.4, 0.5) is 0 Å². The van der Waals surface area contributed by atoms with E-state index in [-0.39, 0.29) is 28.2 Å². The standard InChI is InChI=1S/C20H22N2O3S/c23-20(22-11-10-16-12-21-13-18(16)22)17-8-4-5-9-19(17)26(24,25)14-15-6-2-1-3-7-15/h1-9,16,18,21H,10-14H2. The van der Waals surface area contributed by atoms with Crippen molar-refractivity contribution in [1.29, 1.82) is 0 Å². The van der Waals surface area contributed by atoms with Crippen LogP contribution in [-0.2, 0) is 15.6 Å². The lowest BCUT2D eigenvalue weighted by molar-refractivity contribution is 0.0733. The first-order valence-corrected chi connectivity index (χ1v) is 10.6. The van der Waals surface area contributed by atoms with E-state index < -0.39 is 9.84 Å². The van der Waals surface area contributed by atoms with Gasteiger partial charge in [-0.1, -0.05) is 42.5 Å². The number of rotatable bonds is 4. The Morgan fingerprint density at radius 1 is 1.04 bits per heavy atom. The van der Waals surface area contributed by atoms with E-state index in [1.165, 1.54) is 0 Å². The lowest BCUT2D eigenvalue weighted by Crippen LogP contribution is -2.39. The number of likely N-dealkylation sites (tertiary alicyclic amines) is 1. The number of benzene rings is 2. The second-order valence-corrected chi connectivity index (χ2v) is 8.97. The van der Waals surface area contributed by atoms with Crippen molar-refractivity contribution in [2.45, 2.75) is 23.1 Å². The summed E-state index contributed by atoms with van der Waals surface area (Å²) in [7, 11) is -3.60. The molecule has 5 nitrogen and oxygen atoms in total. The third-order valence-electron chi connectivity index (χ3n) is 5.36. The predicted octanol–water partition coefficient (Wildman–Crippen LogP) is 2.09. The zero-order valence-electron chi connectivity index (χ0n) is 14.5. The lowest BCUT2D eigenvalue weighted by atomic mass is 10.0. The number of hydrogen-bond acceptors (Lipinski definition) is 4. The molecule has 0 radical (unpaired) electrons. The topological polar surface area (TPSA) is 66.5 Å². The molecule has 2 aliphatic heterocycles. The molecular formula is C20H22N2O3S. The quantitative estimate of drug-likeness (QED) is 0.895. The predicted molar refractivity (Wildman–Crippen MR) is 99.6 cm³/mol. The highest BCUT2D eigenvalue weighted by Crippen LogP contribution is 2.30. The molecule has 2 fully saturated rings. The number of sulfone groups is 1. The van der Waals surface area contributed by atoms with E-state index in [1.807, 2.05) is 23.1 Å². The molecule has 0 bridgehead atoms. The van der Waals surface area contributed by atoms with E-state index in [4.69, 9.17) is 0 Å². The van der Waals surface area contributed by atoms with Gasteiger partial charge in [-0.05, 0) is 30.0 Å². The lowest BCUT2D eigenvalue weighted by Gasteiger charge is -2.24. The maximum atomic E-state index is 13.1. The van der Waals surface area contributed by atoms with Crippen molar-refractivity contribution in [3.8, 4) is 0 Å². The summed E-state index contributed by atoms with van der Waals surface area (Å²) < 4.78 is 26.0. The van der Waals surface area contributed by atoms with E-state index in [0.29, 0.717) is 12.5 Å². The molecule has 2 aromatic rings. The first kappa shape index (κ1) is 17.2. The van der Waals surface area contributed by atoms with Crippen LogP contribution in [0.25, 0.3) is 0 Å². The molecule has 0 aromatic heterocycles. The first-order chi connectivity index (χ1) is 12.6. The van der Waals surface area contributed by atoms with Crippen molar-refractivity contribution in [3.05, 3.63) is 65.7 Å². The molecule has 1 N–H and O–H groups in total. The summed E-state index contributed by atoms with van der Waals surface area (Å²) in [5.74, 6) is 0.201. The number of hydrogen-bond donors (Lipinski definition) is 1. The van der Waals surface area contributed by atoms with Crippen LogP contribution in [0.5, 0.6) is 0 Å². The summed E-state index contributed by atoms with van der Waals surface area (Å²) in [6, 6.07) is 15.8. The molecule has 26 heavy (non-hydrogen) atoms. The highest BCUT2D eigenvalue weighted by atomic mass is 32.2. The smallest absolute Gasteiger partial charge is 0.255 e. The second kappa shape index (κ2) is 6.85. The molecule has 136 valence electrons. The van der Waals surface area contributed by atoms with Gasteiger partial charge in [-0.2, -0.15) is 0 Å². The Morgan fingerprint density at radius 2 is 1.77 bits per heavy atom. The zero-order valence-corrected chi connectivity index (χ0v) is 15.3. The summed E-state index contributed by atoms with van der Waals surface area (Å²) >= 11 is 0. The molecular weight excluding hydrogens is 348 g/mol. The minimum absolute atomic E-state index is 0.105. The van der Waals surface area contributed by atoms with Gasteiger partial charge in [0, 0.05) is 25.7 Å². The maximum Gasteiger partial charge on any atom is 0.255 e. The van der Waals surface area contributed by atoms with Gasteiger partial charge in [0.25, 0.3) is 5.91 Å². The number of nitrogens with zero attached hydrogens (tertiary/aromatic N) is 1. The third kappa shape index (κ3) is 3.15. The highest BCUT2D eigenvalue weighted by Gasteiger charge is 2.41. The van der Waals surface area contributed by atoms with Gasteiger partial charge in [-0.25, -0.2) is 8.42 Å². The molecule has 4 rings (SSSR count). The number of amides is 1. The van der Waals surface area contributed by atoms with Gasteiger partial charge in [0.15, 0.2) is 9.84 Å². The Bertz CT molecular complexity index is 912. The van der Waals surface area contributed by atoms with Gasteiger partial charge in [0.1, 0.15) is 0 Å². The Labute approximate surface area is 153 Å². The van der Waals surface area contributed by atoms with E-state index in [9.17, 15) is 13.2 Å². The van der Waals surface area contributed by atoms with E-state index in [2.05, 4.69) is 5.32 Å². The van der Waals surface area contributed by atoms with Crippen molar-refractivity contribution >= 4 is 15.7 Å². The fourth-order valence-corrected chi connectivity index (χ4v) is 5.61. The fourth-order valence-electron chi connectivity index (χ4n) is 4.04. The minimum Gasteiger partial charge on any atom is -0.334 e. The van der Waals surface area contributed by atoms with Crippen molar-refractivity contribution in [1.82, 2.24) is 10.2 Å². The monoisotopic (exact) mass is 370 g/mol. The van der Waals surface area contributed by atoms with Gasteiger partial charge in [-0.3, -0.25) is 4.79 Å². The van der Waals surface area contributed by atoms with Crippen LogP contribution < -0.4 is 5.32 Å². The van der Waals surface area contributed by atoms with Crippen LogP contribution in [0.1, 0.15) is 22.3 Å². The molecule has 0 spiro atoms. The van der Waals surface area contributed by atoms with Gasteiger partial charge >= 0.3 is 0 Å². The van der Waals surface area contributed by atoms with Crippen LogP contribution in [0.3, 0.4) is 0 Å². The molecule has 1 amide bonds. The molecule has 2 heterocycles. The molecule has 2 aliphatic rings. The number of nitrogens with one attached hydrogen (secondary N) is 1. The van der Waals surface area contributed by atoms with Crippen LogP contribution >= 0.6 is 0 Å². The van der Waals surface area contributed by atoms with Crippen molar-refractivity contribution in [2.75, 3.05) is 19.6 Å². The van der Waals surface area contributed by atoms with Gasteiger partial charge in [0.2, 0.25) is 0 Å². The normalized spacial score (nSPS) is 22.4. The van der Waals surface area contributed by atoms with Gasteiger partial charge in [0.05, 0.1) is 16.2 Å². The maximum absolute atomic E-state index is 13.1. The summed E-state index contributed by atoms with van der Waals surface area (Å²) in [4.78, 5) is 15.1. The van der Waals surface area contributed by atoms with Crippen LogP contribution in [-0.4, -0.2) is 44.9 Å². The molecule has 2 unspecified atom stereocenters. The number of carbonyl (C=O) groups excluding carboxylic acids is 1. The Hall–Kier alpha value is -2.18. The van der Waals surface area contributed by atoms with E-state index in [0.717, 1.165) is 25.1 Å². The third-order valence-corrected chi connectivity index (χ3v) is 7.10. The average Bonchev–Trinajstić information content (AvgIpc) is 3.25. The molecule has 0 aliphatic carbocycles. The minimum atomic E-state index is -3.60. The molecule has 2 atom stereocenters. The van der Waals surface area contributed by atoms with Gasteiger partial charge < -0.3 is 10.2 Å². The summed E-state index contributed by atoms with van der Waals surface area (Å²) in [6.45, 7) is 2.42. The highest BCUT2D eigenvalue weighted by molar-refractivity contribution is 7.90. The Balaban J connectivity index is 1.65. The van der Waals surface area contributed by atoms with E-state index >= 15 is 0 Å². The molecule has 2 saturated heterocycles. The number of fused-ring (bicyclic) bond motifs is 1. The Morgan fingerprint density at radius 3 is 2.58 bits per heavy atom. The zero-order chi connectivity index (χ0) is 18.1. The van der Waals surface area contributed by atoms with Crippen LogP contribution in [0.15, 0.2) is 59.5 Å². The van der Waals surface area contributed by atoms with Crippen LogP contribution in [0, 0.1) is 5.92 Å². The largest absolute Gasteiger partial charge is 0.334 e. The summed E-state index contributed by atoms with van der Waals surface area (Å²) in [5, 5.41) is 3.33. The summed E-state index contributed by atoms with van der Waals surface area (Å²) in [5.41, 5.74) is 1.01. The fraction of sp³-hybridized carbons (Fsp3) is 0.350. The SMILES string of the molecule is O=C(c1ccccc1S(=O)(=O)Cc1ccccc1)N1CCC2CNCC21. The summed E-state index contributed by atoms with van der Waals surface area (Å²) in [6.07, 6.45) is 0.975. The van der Waals surface area contributed by atoms with Gasteiger partial charge in [-0.15, -0.1) is 0 Å². The van der Waals surface area contributed by atoms with E-state index in [1.54, 1.807) is 36.4 Å². The Kier molecular flexibility index (Phi) is 4.54. The first-order valence-electron chi connectivity index (χ1n) is 8.94. The molecule has 0 saturated carbocycles. The number of carbonyl (C=O) groups is 1.